The van der Waals surface area contributed by atoms with Crippen molar-refractivity contribution in [2.24, 2.45) is 0 Å². The van der Waals surface area contributed by atoms with Crippen LogP contribution in [0.25, 0.3) is 5.65 Å². The van der Waals surface area contributed by atoms with Gasteiger partial charge in [-0.25, -0.2) is 18.9 Å². The molecule has 0 unspecified atom stereocenters. The average molecular weight is 386 g/mol. The monoisotopic (exact) mass is 386 g/mol. The SMILES string of the molecule is O=c1n(Cc2ccccc2)nc2cc(N3CCN(c4ccccc4)CC3)ncn12. The van der Waals surface area contributed by atoms with Gasteiger partial charge in [0.25, 0.3) is 0 Å². The van der Waals surface area contributed by atoms with Gasteiger partial charge in [-0.3, -0.25) is 0 Å². The van der Waals surface area contributed by atoms with Crippen molar-refractivity contribution in [3.8, 4) is 0 Å². The van der Waals surface area contributed by atoms with Crippen molar-refractivity contribution < 1.29 is 0 Å². The smallest absolute Gasteiger partial charge is 0.351 e. The molecule has 146 valence electrons. The van der Waals surface area contributed by atoms with Crippen LogP contribution in [0.15, 0.2) is 77.9 Å². The maximum absolute atomic E-state index is 12.6. The van der Waals surface area contributed by atoms with Gasteiger partial charge in [0.2, 0.25) is 0 Å². The van der Waals surface area contributed by atoms with Crippen LogP contribution in [0.5, 0.6) is 0 Å². The molecule has 0 amide bonds. The summed E-state index contributed by atoms with van der Waals surface area (Å²) >= 11 is 0. The number of fused-ring (bicyclic) bond motifs is 1. The number of rotatable bonds is 4. The van der Waals surface area contributed by atoms with Crippen molar-refractivity contribution in [3.05, 3.63) is 89.1 Å². The van der Waals surface area contributed by atoms with E-state index in [2.05, 4.69) is 44.1 Å². The Morgan fingerprint density at radius 3 is 2.21 bits per heavy atom. The third-order valence-corrected chi connectivity index (χ3v) is 5.36. The van der Waals surface area contributed by atoms with Crippen molar-refractivity contribution in [2.75, 3.05) is 36.0 Å². The van der Waals surface area contributed by atoms with Crippen LogP contribution in [-0.4, -0.2) is 45.3 Å². The lowest BCUT2D eigenvalue weighted by Gasteiger charge is -2.36. The molecular formula is C22H22N6O. The van der Waals surface area contributed by atoms with Crippen LogP contribution in [0.4, 0.5) is 11.5 Å². The quantitative estimate of drug-likeness (QED) is 0.539. The van der Waals surface area contributed by atoms with Crippen LogP contribution in [0, 0.1) is 0 Å². The normalized spacial score (nSPS) is 14.5. The lowest BCUT2D eigenvalue weighted by atomic mass is 10.2. The Balaban J connectivity index is 1.35. The molecule has 0 atom stereocenters. The topological polar surface area (TPSA) is 58.7 Å². The number of para-hydroxylation sites is 1. The van der Waals surface area contributed by atoms with Gasteiger partial charge in [0.05, 0.1) is 6.54 Å². The summed E-state index contributed by atoms with van der Waals surface area (Å²) in [4.78, 5) is 21.8. The molecule has 0 N–H and O–H groups in total. The van der Waals surface area contributed by atoms with Crippen LogP contribution in [0.1, 0.15) is 5.56 Å². The Kier molecular flexibility index (Phi) is 4.48. The molecule has 2 aromatic heterocycles. The molecule has 0 aliphatic carbocycles. The van der Waals surface area contributed by atoms with E-state index >= 15 is 0 Å². The molecule has 0 radical (unpaired) electrons. The molecule has 1 aliphatic rings. The Morgan fingerprint density at radius 1 is 0.828 bits per heavy atom. The minimum absolute atomic E-state index is 0.170. The zero-order valence-corrected chi connectivity index (χ0v) is 16.1. The molecule has 7 nitrogen and oxygen atoms in total. The molecule has 29 heavy (non-hydrogen) atoms. The zero-order valence-electron chi connectivity index (χ0n) is 16.1. The molecule has 5 rings (SSSR count). The first kappa shape index (κ1) is 17.5. The maximum atomic E-state index is 12.6. The van der Waals surface area contributed by atoms with Gasteiger partial charge in [0.15, 0.2) is 5.65 Å². The number of anilines is 2. The first-order chi connectivity index (χ1) is 14.3. The van der Waals surface area contributed by atoms with E-state index < -0.39 is 0 Å². The summed E-state index contributed by atoms with van der Waals surface area (Å²) in [5.41, 5.74) is 2.75. The largest absolute Gasteiger partial charge is 0.368 e. The highest BCUT2D eigenvalue weighted by molar-refractivity contribution is 5.53. The summed E-state index contributed by atoms with van der Waals surface area (Å²) in [6, 6.07) is 22.2. The van der Waals surface area contributed by atoms with Gasteiger partial charge >= 0.3 is 5.69 Å². The molecule has 0 spiro atoms. The number of piperazine rings is 1. The fourth-order valence-electron chi connectivity index (χ4n) is 3.78. The highest BCUT2D eigenvalue weighted by Crippen LogP contribution is 2.19. The number of hydrogen-bond donors (Lipinski definition) is 0. The third-order valence-electron chi connectivity index (χ3n) is 5.36. The molecule has 7 heteroatoms. The number of hydrogen-bond acceptors (Lipinski definition) is 5. The summed E-state index contributed by atoms with van der Waals surface area (Å²) in [6.45, 7) is 4.09. The maximum Gasteiger partial charge on any atom is 0.351 e. The Hall–Kier alpha value is -3.61. The van der Waals surface area contributed by atoms with Crippen molar-refractivity contribution in [2.45, 2.75) is 6.54 Å². The summed E-state index contributed by atoms with van der Waals surface area (Å²) in [5, 5.41) is 4.52. The average Bonchev–Trinajstić information content (AvgIpc) is 3.10. The first-order valence-electron chi connectivity index (χ1n) is 9.82. The predicted molar refractivity (Wildman–Crippen MR) is 114 cm³/mol. The molecular weight excluding hydrogens is 364 g/mol. The van der Waals surface area contributed by atoms with Gasteiger partial charge in [-0.2, -0.15) is 0 Å². The van der Waals surface area contributed by atoms with Gasteiger partial charge in [-0.15, -0.1) is 5.10 Å². The molecule has 0 saturated carbocycles. The standard InChI is InChI=1S/C22H22N6O/c29-22-27-17-23-20(15-21(27)24-28(22)16-18-7-3-1-4-8-18)26-13-11-25(12-14-26)19-9-5-2-6-10-19/h1-10,15,17H,11-14,16H2. The summed E-state index contributed by atoms with van der Waals surface area (Å²) < 4.78 is 3.00. The van der Waals surface area contributed by atoms with Crippen LogP contribution in [0.2, 0.25) is 0 Å². The third kappa shape index (κ3) is 3.47. The summed E-state index contributed by atoms with van der Waals surface area (Å²) in [6.07, 6.45) is 1.59. The Bertz CT molecular complexity index is 1160. The van der Waals surface area contributed by atoms with Gasteiger partial charge < -0.3 is 9.80 Å². The van der Waals surface area contributed by atoms with Crippen LogP contribution < -0.4 is 15.5 Å². The summed E-state index contributed by atoms with van der Waals surface area (Å²) in [7, 11) is 0. The fraction of sp³-hybridized carbons (Fsp3) is 0.227. The number of benzene rings is 2. The van der Waals surface area contributed by atoms with Crippen molar-refractivity contribution in [3.63, 3.8) is 0 Å². The second-order valence-electron chi connectivity index (χ2n) is 7.21. The molecule has 1 aliphatic heterocycles. The predicted octanol–water partition coefficient (Wildman–Crippen LogP) is 2.27. The lowest BCUT2D eigenvalue weighted by molar-refractivity contribution is 0.646. The van der Waals surface area contributed by atoms with E-state index in [1.165, 1.54) is 14.8 Å². The van der Waals surface area contributed by atoms with E-state index in [1.807, 2.05) is 42.5 Å². The van der Waals surface area contributed by atoms with Gasteiger partial charge in [0, 0.05) is 37.9 Å². The summed E-state index contributed by atoms with van der Waals surface area (Å²) in [5.74, 6) is 0.863. The minimum Gasteiger partial charge on any atom is -0.368 e. The second kappa shape index (κ2) is 7.43. The van der Waals surface area contributed by atoms with E-state index in [-0.39, 0.29) is 5.69 Å². The second-order valence-corrected chi connectivity index (χ2v) is 7.21. The van der Waals surface area contributed by atoms with Crippen LogP contribution in [-0.2, 0) is 6.54 Å². The van der Waals surface area contributed by atoms with E-state index in [4.69, 9.17) is 0 Å². The Morgan fingerprint density at radius 2 is 1.48 bits per heavy atom. The van der Waals surface area contributed by atoms with E-state index in [0.717, 1.165) is 37.6 Å². The molecule has 1 fully saturated rings. The molecule has 3 heterocycles. The first-order valence-corrected chi connectivity index (χ1v) is 9.82. The molecule has 4 aromatic rings. The highest BCUT2D eigenvalue weighted by atomic mass is 16.2. The molecule has 2 aromatic carbocycles. The van der Waals surface area contributed by atoms with Crippen molar-refractivity contribution in [1.29, 1.82) is 0 Å². The number of aromatic nitrogens is 4. The van der Waals surface area contributed by atoms with E-state index in [1.54, 1.807) is 6.33 Å². The minimum atomic E-state index is -0.170. The van der Waals surface area contributed by atoms with E-state index in [9.17, 15) is 4.79 Å². The molecule has 0 bridgehead atoms. The number of nitrogens with zero attached hydrogens (tertiary/aromatic N) is 6. The Labute approximate surface area is 168 Å². The van der Waals surface area contributed by atoms with Crippen molar-refractivity contribution >= 4 is 17.2 Å². The van der Waals surface area contributed by atoms with Crippen molar-refractivity contribution in [1.82, 2.24) is 19.2 Å². The van der Waals surface area contributed by atoms with Crippen LogP contribution in [0.3, 0.4) is 0 Å². The zero-order chi connectivity index (χ0) is 19.6. The van der Waals surface area contributed by atoms with Crippen LogP contribution >= 0.6 is 0 Å². The lowest BCUT2D eigenvalue weighted by Crippen LogP contribution is -2.46. The fourth-order valence-corrected chi connectivity index (χ4v) is 3.78. The van der Waals surface area contributed by atoms with Gasteiger partial charge in [0.1, 0.15) is 12.1 Å². The highest BCUT2D eigenvalue weighted by Gasteiger charge is 2.19. The molecule has 1 saturated heterocycles. The van der Waals surface area contributed by atoms with Gasteiger partial charge in [-0.05, 0) is 17.7 Å². The van der Waals surface area contributed by atoms with E-state index in [0.29, 0.717) is 12.2 Å². The van der Waals surface area contributed by atoms with Gasteiger partial charge in [-0.1, -0.05) is 48.5 Å².